The van der Waals surface area contributed by atoms with Crippen LogP contribution in [-0.2, 0) is 16.6 Å². The molecule has 6 heteroatoms. The van der Waals surface area contributed by atoms with Gasteiger partial charge in [-0.1, -0.05) is 48.0 Å². The third-order valence-electron chi connectivity index (χ3n) is 3.95. The highest BCUT2D eigenvalue weighted by Gasteiger charge is 2.28. The molecule has 3 nitrogen and oxygen atoms in total. The summed E-state index contributed by atoms with van der Waals surface area (Å²) in [5.41, 5.74) is 1.87. The van der Waals surface area contributed by atoms with E-state index in [4.69, 9.17) is 0 Å². The summed E-state index contributed by atoms with van der Waals surface area (Å²) in [6.07, 6.45) is 0. The maximum atomic E-state index is 14.2. The van der Waals surface area contributed by atoms with Gasteiger partial charge in [0.05, 0.1) is 12.2 Å². The first kappa shape index (κ1) is 18.1. The molecule has 3 aromatic carbocycles. The third-order valence-corrected chi connectivity index (χ3v) is 5.75. The SMILES string of the molecule is Cc1ccc(CN(c2cccc(F)c2)S(=O)(=O)c2ccccc2F)cc1. The van der Waals surface area contributed by atoms with E-state index < -0.39 is 26.6 Å². The van der Waals surface area contributed by atoms with Crippen LogP contribution in [0, 0.1) is 18.6 Å². The van der Waals surface area contributed by atoms with E-state index in [0.29, 0.717) is 5.56 Å². The van der Waals surface area contributed by atoms with Gasteiger partial charge in [0.25, 0.3) is 10.0 Å². The molecule has 0 aliphatic rings. The van der Waals surface area contributed by atoms with Gasteiger partial charge in [0, 0.05) is 0 Å². The van der Waals surface area contributed by atoms with Gasteiger partial charge in [0.2, 0.25) is 0 Å². The van der Waals surface area contributed by atoms with Crippen LogP contribution in [0.5, 0.6) is 0 Å². The van der Waals surface area contributed by atoms with Crippen LogP contribution >= 0.6 is 0 Å². The quantitative estimate of drug-likeness (QED) is 0.652. The van der Waals surface area contributed by atoms with Gasteiger partial charge >= 0.3 is 0 Å². The zero-order valence-corrected chi connectivity index (χ0v) is 14.9. The molecule has 0 saturated carbocycles. The molecule has 0 aliphatic carbocycles. The molecule has 0 unspecified atom stereocenters. The number of anilines is 1. The number of benzene rings is 3. The zero-order valence-electron chi connectivity index (χ0n) is 14.1. The summed E-state index contributed by atoms with van der Waals surface area (Å²) in [4.78, 5) is -0.448. The fourth-order valence-electron chi connectivity index (χ4n) is 2.58. The molecule has 0 N–H and O–H groups in total. The number of hydrogen-bond acceptors (Lipinski definition) is 2. The Balaban J connectivity index is 2.11. The van der Waals surface area contributed by atoms with Crippen LogP contribution < -0.4 is 4.31 Å². The van der Waals surface area contributed by atoms with Gasteiger partial charge < -0.3 is 0 Å². The first-order chi connectivity index (χ1) is 12.4. The van der Waals surface area contributed by atoms with Crippen LogP contribution in [0.3, 0.4) is 0 Å². The van der Waals surface area contributed by atoms with Crippen molar-refractivity contribution in [3.63, 3.8) is 0 Å². The Morgan fingerprint density at radius 2 is 1.58 bits per heavy atom. The van der Waals surface area contributed by atoms with Crippen LogP contribution in [0.15, 0.2) is 77.7 Å². The average molecular weight is 373 g/mol. The second kappa shape index (κ2) is 7.25. The van der Waals surface area contributed by atoms with E-state index in [1.54, 1.807) is 12.1 Å². The van der Waals surface area contributed by atoms with Crippen molar-refractivity contribution >= 4 is 15.7 Å². The topological polar surface area (TPSA) is 37.4 Å². The van der Waals surface area contributed by atoms with E-state index >= 15 is 0 Å². The second-order valence-electron chi connectivity index (χ2n) is 5.91. The Labute approximate surface area is 151 Å². The van der Waals surface area contributed by atoms with Crippen molar-refractivity contribution in [1.82, 2.24) is 0 Å². The Morgan fingerprint density at radius 1 is 0.885 bits per heavy atom. The number of hydrogen-bond donors (Lipinski definition) is 0. The molecule has 0 atom stereocenters. The van der Waals surface area contributed by atoms with Gasteiger partial charge in [0.15, 0.2) is 0 Å². The molecule has 0 bridgehead atoms. The fourth-order valence-corrected chi connectivity index (χ4v) is 4.09. The first-order valence-corrected chi connectivity index (χ1v) is 9.40. The molecule has 3 rings (SSSR count). The van der Waals surface area contributed by atoms with E-state index in [9.17, 15) is 17.2 Å². The van der Waals surface area contributed by atoms with E-state index in [0.717, 1.165) is 22.0 Å². The molecular weight excluding hydrogens is 356 g/mol. The van der Waals surface area contributed by atoms with E-state index in [2.05, 4.69) is 0 Å². The predicted octanol–water partition coefficient (Wildman–Crippen LogP) is 4.67. The molecule has 0 aromatic heterocycles. The van der Waals surface area contributed by atoms with Crippen molar-refractivity contribution in [2.24, 2.45) is 0 Å². The van der Waals surface area contributed by atoms with Crippen molar-refractivity contribution in [1.29, 1.82) is 0 Å². The van der Waals surface area contributed by atoms with Crippen molar-refractivity contribution in [2.75, 3.05) is 4.31 Å². The van der Waals surface area contributed by atoms with Gasteiger partial charge in [0.1, 0.15) is 16.5 Å². The van der Waals surface area contributed by atoms with E-state index in [1.807, 2.05) is 19.1 Å². The highest BCUT2D eigenvalue weighted by atomic mass is 32.2. The number of rotatable bonds is 5. The Hall–Kier alpha value is -2.73. The van der Waals surface area contributed by atoms with Gasteiger partial charge in [-0.25, -0.2) is 17.2 Å². The molecule has 3 aromatic rings. The smallest absolute Gasteiger partial charge is 0.262 e. The molecule has 0 spiro atoms. The van der Waals surface area contributed by atoms with Crippen molar-refractivity contribution in [3.05, 3.63) is 95.6 Å². The van der Waals surface area contributed by atoms with Gasteiger partial charge in [-0.3, -0.25) is 4.31 Å². The van der Waals surface area contributed by atoms with Crippen LogP contribution in [0.25, 0.3) is 0 Å². The van der Waals surface area contributed by atoms with Gasteiger partial charge in [-0.05, 0) is 42.8 Å². The fraction of sp³-hybridized carbons (Fsp3) is 0.100. The summed E-state index contributed by atoms with van der Waals surface area (Å²) in [6, 6.07) is 17.7. The summed E-state index contributed by atoms with van der Waals surface area (Å²) in [5, 5.41) is 0. The summed E-state index contributed by atoms with van der Waals surface area (Å²) in [6.45, 7) is 1.88. The summed E-state index contributed by atoms with van der Waals surface area (Å²) < 4.78 is 55.1. The number of nitrogens with zero attached hydrogens (tertiary/aromatic N) is 1. The molecular formula is C20H17F2NO2S. The lowest BCUT2D eigenvalue weighted by atomic mass is 10.1. The minimum atomic E-state index is -4.22. The maximum absolute atomic E-state index is 14.2. The van der Waals surface area contributed by atoms with Crippen LogP contribution in [-0.4, -0.2) is 8.42 Å². The van der Waals surface area contributed by atoms with E-state index in [1.165, 1.54) is 36.4 Å². The van der Waals surface area contributed by atoms with Crippen LogP contribution in [0.4, 0.5) is 14.5 Å². The lowest BCUT2D eigenvalue weighted by Crippen LogP contribution is -2.31. The minimum absolute atomic E-state index is 0.0413. The predicted molar refractivity (Wildman–Crippen MR) is 97.3 cm³/mol. The Bertz CT molecular complexity index is 1020. The number of halogens is 2. The highest BCUT2D eigenvalue weighted by Crippen LogP contribution is 2.28. The summed E-state index contributed by atoms with van der Waals surface area (Å²) in [5.74, 6) is -1.42. The number of sulfonamides is 1. The highest BCUT2D eigenvalue weighted by molar-refractivity contribution is 7.92. The molecule has 134 valence electrons. The Kier molecular flexibility index (Phi) is 5.04. The lowest BCUT2D eigenvalue weighted by molar-refractivity contribution is 0.563. The minimum Gasteiger partial charge on any atom is -0.262 e. The van der Waals surface area contributed by atoms with Gasteiger partial charge in [-0.15, -0.1) is 0 Å². The van der Waals surface area contributed by atoms with Gasteiger partial charge in [-0.2, -0.15) is 0 Å². The lowest BCUT2D eigenvalue weighted by Gasteiger charge is -2.25. The molecule has 0 fully saturated rings. The zero-order chi connectivity index (χ0) is 18.7. The third kappa shape index (κ3) is 3.75. The average Bonchev–Trinajstić information content (AvgIpc) is 2.61. The maximum Gasteiger partial charge on any atom is 0.267 e. The molecule has 0 saturated heterocycles. The first-order valence-electron chi connectivity index (χ1n) is 7.96. The summed E-state index contributed by atoms with van der Waals surface area (Å²) in [7, 11) is -4.22. The second-order valence-corrected chi connectivity index (χ2v) is 7.74. The van der Waals surface area contributed by atoms with Crippen molar-refractivity contribution < 1.29 is 17.2 Å². The molecule has 0 radical (unpaired) electrons. The van der Waals surface area contributed by atoms with E-state index in [-0.39, 0.29) is 12.2 Å². The normalized spacial score (nSPS) is 11.3. The summed E-state index contributed by atoms with van der Waals surface area (Å²) >= 11 is 0. The molecule has 26 heavy (non-hydrogen) atoms. The van der Waals surface area contributed by atoms with Crippen LogP contribution in [0.2, 0.25) is 0 Å². The Morgan fingerprint density at radius 3 is 2.23 bits per heavy atom. The standard InChI is InChI=1S/C20H17F2NO2S/c1-15-9-11-16(12-10-15)14-23(18-6-4-5-17(21)13-18)26(24,25)20-8-3-2-7-19(20)22/h2-13H,14H2,1H3. The number of aryl methyl sites for hydroxylation is 1. The molecule has 0 heterocycles. The van der Waals surface area contributed by atoms with Crippen molar-refractivity contribution in [3.8, 4) is 0 Å². The van der Waals surface area contributed by atoms with Crippen LogP contribution in [0.1, 0.15) is 11.1 Å². The van der Waals surface area contributed by atoms with Crippen molar-refractivity contribution in [2.45, 2.75) is 18.4 Å². The monoisotopic (exact) mass is 373 g/mol. The largest absolute Gasteiger partial charge is 0.267 e. The molecule has 0 aliphatic heterocycles. The molecule has 0 amide bonds.